The summed E-state index contributed by atoms with van der Waals surface area (Å²) in [5, 5.41) is 9.42. The van der Waals surface area contributed by atoms with Crippen LogP contribution in [0.15, 0.2) is 47.1 Å². The predicted molar refractivity (Wildman–Crippen MR) is 84.5 cm³/mol. The van der Waals surface area contributed by atoms with Crippen molar-refractivity contribution in [3.8, 4) is 6.07 Å². The summed E-state index contributed by atoms with van der Waals surface area (Å²) in [6, 6.07) is 9.64. The lowest BCUT2D eigenvalue weighted by Crippen LogP contribution is -2.25. The maximum atomic E-state index is 12.0. The van der Waals surface area contributed by atoms with Gasteiger partial charge in [0.1, 0.15) is 11.3 Å². The van der Waals surface area contributed by atoms with Gasteiger partial charge in [-0.3, -0.25) is 0 Å². The van der Waals surface area contributed by atoms with E-state index in [1.807, 2.05) is 24.3 Å². The highest BCUT2D eigenvalue weighted by Crippen LogP contribution is 2.39. The molecule has 0 saturated heterocycles. The zero-order chi connectivity index (χ0) is 15.6. The fraction of sp³-hybridized carbons (Fsp3) is 0.200. The fourth-order valence-corrected chi connectivity index (χ4v) is 2.82. The van der Waals surface area contributed by atoms with Crippen LogP contribution in [0, 0.1) is 14.9 Å². The van der Waals surface area contributed by atoms with Gasteiger partial charge in [-0.05, 0) is 47.2 Å². The SMILES string of the molecule is COC(=O)C1=C(N)OC(C)=C(C#N)[C@H]1c1cccc(I)c1. The first-order valence-electron chi connectivity index (χ1n) is 6.11. The van der Waals surface area contributed by atoms with Crippen molar-refractivity contribution in [2.75, 3.05) is 7.11 Å². The van der Waals surface area contributed by atoms with Crippen molar-refractivity contribution in [3.63, 3.8) is 0 Å². The van der Waals surface area contributed by atoms with E-state index in [4.69, 9.17) is 15.2 Å². The number of methoxy groups -OCH3 is 1. The van der Waals surface area contributed by atoms with Crippen LogP contribution in [0.4, 0.5) is 0 Å². The van der Waals surface area contributed by atoms with Crippen LogP contribution < -0.4 is 5.73 Å². The van der Waals surface area contributed by atoms with Crippen molar-refractivity contribution in [2.45, 2.75) is 12.8 Å². The van der Waals surface area contributed by atoms with Crippen LogP contribution in [0.2, 0.25) is 0 Å². The summed E-state index contributed by atoms with van der Waals surface area (Å²) in [7, 11) is 1.27. The molecule has 6 heteroatoms. The van der Waals surface area contributed by atoms with Crippen molar-refractivity contribution in [1.82, 2.24) is 0 Å². The highest BCUT2D eigenvalue weighted by Gasteiger charge is 2.36. The van der Waals surface area contributed by atoms with Gasteiger partial charge in [0.15, 0.2) is 0 Å². The first kappa shape index (κ1) is 15.4. The van der Waals surface area contributed by atoms with Gasteiger partial charge in [-0.25, -0.2) is 4.79 Å². The number of nitriles is 1. The minimum Gasteiger partial charge on any atom is -0.465 e. The summed E-state index contributed by atoms with van der Waals surface area (Å²) in [6.45, 7) is 1.65. The van der Waals surface area contributed by atoms with Crippen molar-refractivity contribution < 1.29 is 14.3 Å². The van der Waals surface area contributed by atoms with Crippen LogP contribution >= 0.6 is 22.6 Å². The first-order valence-corrected chi connectivity index (χ1v) is 7.19. The molecule has 108 valence electrons. The van der Waals surface area contributed by atoms with Gasteiger partial charge in [0.2, 0.25) is 5.88 Å². The van der Waals surface area contributed by atoms with Gasteiger partial charge < -0.3 is 15.2 Å². The zero-order valence-corrected chi connectivity index (χ0v) is 13.7. The Morgan fingerprint density at radius 3 is 2.81 bits per heavy atom. The molecule has 0 spiro atoms. The Kier molecular flexibility index (Phi) is 4.53. The molecule has 0 bridgehead atoms. The number of hydrogen-bond acceptors (Lipinski definition) is 5. The second-order valence-electron chi connectivity index (χ2n) is 4.44. The van der Waals surface area contributed by atoms with Crippen molar-refractivity contribution in [3.05, 3.63) is 56.2 Å². The topological polar surface area (TPSA) is 85.3 Å². The molecule has 1 aromatic rings. The second kappa shape index (κ2) is 6.18. The number of allylic oxidation sites excluding steroid dienone is 2. The Labute approximate surface area is 136 Å². The smallest absolute Gasteiger partial charge is 0.340 e. The minimum atomic E-state index is -0.600. The number of ether oxygens (including phenoxy) is 2. The number of carbonyl (C=O) groups is 1. The molecule has 1 heterocycles. The molecule has 0 radical (unpaired) electrons. The van der Waals surface area contributed by atoms with Crippen LogP contribution in [-0.2, 0) is 14.3 Å². The van der Waals surface area contributed by atoms with E-state index in [1.54, 1.807) is 6.92 Å². The molecule has 0 fully saturated rings. The molecule has 2 N–H and O–H groups in total. The van der Waals surface area contributed by atoms with E-state index in [9.17, 15) is 10.1 Å². The van der Waals surface area contributed by atoms with Crippen molar-refractivity contribution in [2.24, 2.45) is 5.73 Å². The van der Waals surface area contributed by atoms with E-state index in [1.165, 1.54) is 7.11 Å². The van der Waals surface area contributed by atoms with E-state index >= 15 is 0 Å². The van der Waals surface area contributed by atoms with Crippen LogP contribution in [-0.4, -0.2) is 13.1 Å². The number of esters is 1. The van der Waals surface area contributed by atoms with Crippen molar-refractivity contribution >= 4 is 28.6 Å². The van der Waals surface area contributed by atoms with E-state index in [2.05, 4.69) is 28.7 Å². The summed E-state index contributed by atoms with van der Waals surface area (Å²) < 4.78 is 11.1. The molecule has 1 aromatic carbocycles. The summed E-state index contributed by atoms with van der Waals surface area (Å²) in [5.74, 6) is -0.809. The van der Waals surface area contributed by atoms with Gasteiger partial charge in [0, 0.05) is 3.57 Å². The van der Waals surface area contributed by atoms with Gasteiger partial charge >= 0.3 is 5.97 Å². The molecule has 1 atom stereocenters. The molecule has 0 amide bonds. The Morgan fingerprint density at radius 1 is 1.52 bits per heavy atom. The normalized spacial score (nSPS) is 18.1. The Morgan fingerprint density at radius 2 is 2.24 bits per heavy atom. The Balaban J connectivity index is 2.66. The molecule has 0 unspecified atom stereocenters. The molecular weight excluding hydrogens is 383 g/mol. The quantitative estimate of drug-likeness (QED) is 0.614. The molecule has 0 aliphatic carbocycles. The van der Waals surface area contributed by atoms with Crippen LogP contribution in [0.5, 0.6) is 0 Å². The maximum absolute atomic E-state index is 12.0. The molecule has 0 saturated carbocycles. The van der Waals surface area contributed by atoms with E-state index in [0.717, 1.165) is 9.13 Å². The summed E-state index contributed by atoms with van der Waals surface area (Å²) in [5.41, 5.74) is 7.14. The Bertz CT molecular complexity index is 701. The third-order valence-electron chi connectivity index (χ3n) is 3.19. The average molecular weight is 396 g/mol. The number of benzene rings is 1. The molecule has 2 rings (SSSR count). The molecular formula is C15H13IN2O3. The highest BCUT2D eigenvalue weighted by atomic mass is 127. The summed E-state index contributed by atoms with van der Waals surface area (Å²) >= 11 is 2.17. The fourth-order valence-electron chi connectivity index (χ4n) is 2.26. The third kappa shape index (κ3) is 2.88. The third-order valence-corrected chi connectivity index (χ3v) is 3.86. The summed E-state index contributed by atoms with van der Waals surface area (Å²) in [6.07, 6.45) is 0. The molecule has 5 nitrogen and oxygen atoms in total. The van der Waals surface area contributed by atoms with E-state index in [-0.39, 0.29) is 11.5 Å². The first-order chi connectivity index (χ1) is 9.99. The average Bonchev–Trinajstić information content (AvgIpc) is 2.45. The Hall–Kier alpha value is -2.01. The van der Waals surface area contributed by atoms with Gasteiger partial charge in [0.05, 0.1) is 24.7 Å². The summed E-state index contributed by atoms with van der Waals surface area (Å²) in [4.78, 5) is 12.0. The second-order valence-corrected chi connectivity index (χ2v) is 5.69. The van der Waals surface area contributed by atoms with Crippen molar-refractivity contribution in [1.29, 1.82) is 5.26 Å². The number of halogens is 1. The van der Waals surface area contributed by atoms with Gasteiger partial charge in [0.25, 0.3) is 0 Å². The standard InChI is InChI=1S/C15H13IN2O3/c1-8-11(7-17)12(9-4-3-5-10(16)6-9)13(14(18)21-8)15(19)20-2/h3-6,12H,18H2,1-2H3/t12-/m1/s1. The lowest BCUT2D eigenvalue weighted by Gasteiger charge is -2.26. The number of rotatable bonds is 2. The predicted octanol–water partition coefficient (Wildman–Crippen LogP) is 2.55. The van der Waals surface area contributed by atoms with Gasteiger partial charge in [-0.2, -0.15) is 5.26 Å². The highest BCUT2D eigenvalue weighted by molar-refractivity contribution is 14.1. The molecule has 0 aromatic heterocycles. The van der Waals surface area contributed by atoms with E-state index in [0.29, 0.717) is 11.3 Å². The number of nitrogens with two attached hydrogens (primary N) is 1. The molecule has 1 aliphatic rings. The lowest BCUT2D eigenvalue weighted by atomic mass is 9.83. The van der Waals surface area contributed by atoms with Gasteiger partial charge in [-0.15, -0.1) is 0 Å². The molecule has 1 aliphatic heterocycles. The number of nitrogens with zero attached hydrogens (tertiary/aromatic N) is 1. The molecule has 21 heavy (non-hydrogen) atoms. The lowest BCUT2D eigenvalue weighted by molar-refractivity contribution is -0.136. The zero-order valence-electron chi connectivity index (χ0n) is 11.5. The maximum Gasteiger partial charge on any atom is 0.340 e. The number of hydrogen-bond donors (Lipinski definition) is 1. The largest absolute Gasteiger partial charge is 0.465 e. The van der Waals surface area contributed by atoms with Crippen LogP contribution in [0.3, 0.4) is 0 Å². The van der Waals surface area contributed by atoms with Crippen LogP contribution in [0.25, 0.3) is 0 Å². The van der Waals surface area contributed by atoms with Crippen LogP contribution in [0.1, 0.15) is 18.4 Å². The van der Waals surface area contributed by atoms with E-state index < -0.39 is 11.9 Å². The number of carbonyl (C=O) groups excluding carboxylic acids is 1. The van der Waals surface area contributed by atoms with Gasteiger partial charge in [-0.1, -0.05) is 12.1 Å². The monoisotopic (exact) mass is 396 g/mol. The minimum absolute atomic E-state index is 0.0257.